The Hall–Kier alpha value is -2.12. The topological polar surface area (TPSA) is 82.1 Å². The van der Waals surface area contributed by atoms with Crippen molar-refractivity contribution in [3.8, 4) is 0 Å². The number of aliphatic hydroxyl groups excluding tert-OH is 1. The third kappa shape index (κ3) is 5.69. The fourth-order valence-electron chi connectivity index (χ4n) is 4.03. The van der Waals surface area contributed by atoms with Crippen LogP contribution >= 0.6 is 0 Å². The number of carbonyl (C=O) groups excluding carboxylic acids is 2. The van der Waals surface area contributed by atoms with Crippen LogP contribution in [-0.2, 0) is 16.1 Å². The Morgan fingerprint density at radius 2 is 1.96 bits per heavy atom. The Kier molecular flexibility index (Phi) is 7.68. The third-order valence-electron chi connectivity index (χ3n) is 5.67. The Balaban J connectivity index is 1.40. The molecule has 2 N–H and O–H groups in total. The second-order valence-electron chi connectivity index (χ2n) is 7.63. The van der Waals surface area contributed by atoms with Gasteiger partial charge in [-0.3, -0.25) is 9.69 Å². The van der Waals surface area contributed by atoms with E-state index in [9.17, 15) is 14.7 Å². The molecule has 0 aliphatic carbocycles. The number of hydrogen-bond acceptors (Lipinski definition) is 5. The minimum Gasteiger partial charge on any atom is -0.445 e. The highest BCUT2D eigenvalue weighted by atomic mass is 16.6. The van der Waals surface area contributed by atoms with Crippen LogP contribution in [0.3, 0.4) is 0 Å². The van der Waals surface area contributed by atoms with E-state index < -0.39 is 0 Å². The van der Waals surface area contributed by atoms with Crippen molar-refractivity contribution in [2.45, 2.75) is 38.3 Å². The molecule has 1 aromatic carbocycles. The predicted octanol–water partition coefficient (Wildman–Crippen LogP) is 1.61. The summed E-state index contributed by atoms with van der Waals surface area (Å²) in [6.07, 6.45) is 3.65. The molecule has 2 atom stereocenters. The average molecular weight is 389 g/mol. The van der Waals surface area contributed by atoms with E-state index in [0.717, 1.165) is 31.4 Å². The number of amides is 2. The van der Waals surface area contributed by atoms with E-state index in [2.05, 4.69) is 10.2 Å². The largest absolute Gasteiger partial charge is 0.445 e. The van der Waals surface area contributed by atoms with Crippen LogP contribution in [-0.4, -0.2) is 72.3 Å². The van der Waals surface area contributed by atoms with Crippen molar-refractivity contribution < 1.29 is 19.4 Å². The first kappa shape index (κ1) is 20.6. The lowest BCUT2D eigenvalue weighted by Crippen LogP contribution is -2.48. The van der Waals surface area contributed by atoms with Crippen molar-refractivity contribution >= 4 is 12.0 Å². The van der Waals surface area contributed by atoms with Crippen LogP contribution in [0.15, 0.2) is 30.3 Å². The maximum atomic E-state index is 12.5. The van der Waals surface area contributed by atoms with Gasteiger partial charge in [0.25, 0.3) is 0 Å². The summed E-state index contributed by atoms with van der Waals surface area (Å²) in [5.41, 5.74) is 0.948. The smallest absolute Gasteiger partial charge is 0.410 e. The number of carbonyl (C=O) groups is 2. The van der Waals surface area contributed by atoms with Crippen molar-refractivity contribution in [1.29, 1.82) is 0 Å². The molecular formula is C21H31N3O4. The molecule has 0 spiro atoms. The molecule has 2 amide bonds. The first-order chi connectivity index (χ1) is 13.7. The van der Waals surface area contributed by atoms with Gasteiger partial charge in [0.2, 0.25) is 5.91 Å². The number of hydrogen-bond donors (Lipinski definition) is 2. The summed E-state index contributed by atoms with van der Waals surface area (Å²) in [6, 6.07) is 9.86. The number of rotatable bonds is 7. The van der Waals surface area contributed by atoms with Crippen LogP contribution in [0.5, 0.6) is 0 Å². The van der Waals surface area contributed by atoms with Crippen molar-refractivity contribution in [2.75, 3.05) is 39.3 Å². The van der Waals surface area contributed by atoms with E-state index in [1.165, 1.54) is 0 Å². The number of nitrogens with one attached hydrogen (secondary N) is 1. The van der Waals surface area contributed by atoms with Crippen LogP contribution in [0, 0.1) is 5.92 Å². The highest BCUT2D eigenvalue weighted by Gasteiger charge is 2.32. The van der Waals surface area contributed by atoms with Crippen LogP contribution in [0.2, 0.25) is 0 Å². The summed E-state index contributed by atoms with van der Waals surface area (Å²) in [4.78, 5) is 28.7. The monoisotopic (exact) mass is 389 g/mol. The van der Waals surface area contributed by atoms with Gasteiger partial charge in [0.15, 0.2) is 0 Å². The summed E-state index contributed by atoms with van der Waals surface area (Å²) in [5, 5.41) is 12.3. The van der Waals surface area contributed by atoms with Crippen LogP contribution < -0.4 is 5.32 Å². The summed E-state index contributed by atoms with van der Waals surface area (Å²) >= 11 is 0. The fourth-order valence-corrected chi connectivity index (χ4v) is 4.03. The van der Waals surface area contributed by atoms with Crippen molar-refractivity contribution in [3.63, 3.8) is 0 Å². The zero-order chi connectivity index (χ0) is 19.8. The quantitative estimate of drug-likeness (QED) is 0.740. The molecule has 0 aromatic heterocycles. The number of likely N-dealkylation sites (tertiary alicyclic amines) is 2. The maximum absolute atomic E-state index is 12.5. The molecule has 7 heteroatoms. The normalized spacial score (nSPS) is 22.8. The minimum absolute atomic E-state index is 0.00730. The van der Waals surface area contributed by atoms with Crippen molar-refractivity contribution in [2.24, 2.45) is 5.92 Å². The lowest BCUT2D eigenvalue weighted by molar-refractivity contribution is -0.124. The molecule has 3 rings (SSSR count). The number of benzene rings is 1. The summed E-state index contributed by atoms with van der Waals surface area (Å²) < 4.78 is 5.36. The molecule has 2 heterocycles. The van der Waals surface area contributed by atoms with E-state index in [0.29, 0.717) is 32.6 Å². The number of aliphatic hydroxyl groups is 1. The molecule has 2 unspecified atom stereocenters. The number of nitrogens with zero attached hydrogens (tertiary/aromatic N) is 2. The van der Waals surface area contributed by atoms with Gasteiger partial charge in [0.1, 0.15) is 6.61 Å². The van der Waals surface area contributed by atoms with Gasteiger partial charge >= 0.3 is 6.09 Å². The number of β-amino-alcohol motifs (C(OH)–C–C–N with tert-alkyl or cyclic N) is 1. The summed E-state index contributed by atoms with van der Waals surface area (Å²) in [7, 11) is 0. The van der Waals surface area contributed by atoms with Gasteiger partial charge in [-0.1, -0.05) is 36.8 Å². The highest BCUT2D eigenvalue weighted by Crippen LogP contribution is 2.19. The summed E-state index contributed by atoms with van der Waals surface area (Å²) in [6.45, 7) is 3.59. The van der Waals surface area contributed by atoms with E-state index in [1.807, 2.05) is 30.3 Å². The SMILES string of the molecule is O=C(NCC1CCCCN1CCO)C1CCN(C(=O)OCc2ccccc2)C1. The van der Waals surface area contributed by atoms with Crippen LogP contribution in [0.4, 0.5) is 4.79 Å². The average Bonchev–Trinajstić information content (AvgIpc) is 3.23. The van der Waals surface area contributed by atoms with Gasteiger partial charge in [-0.25, -0.2) is 4.79 Å². The maximum Gasteiger partial charge on any atom is 0.410 e. The van der Waals surface area contributed by atoms with Gasteiger partial charge in [-0.15, -0.1) is 0 Å². The third-order valence-corrected chi connectivity index (χ3v) is 5.67. The lowest BCUT2D eigenvalue weighted by Gasteiger charge is -2.35. The molecular weight excluding hydrogens is 358 g/mol. The van der Waals surface area contributed by atoms with E-state index in [4.69, 9.17) is 4.74 Å². The minimum atomic E-state index is -0.361. The molecule has 0 saturated carbocycles. The van der Waals surface area contributed by atoms with Gasteiger partial charge in [-0.05, 0) is 31.4 Å². The molecule has 2 fully saturated rings. The predicted molar refractivity (Wildman–Crippen MR) is 106 cm³/mol. The Bertz CT molecular complexity index is 638. The standard InChI is InChI=1S/C21H31N3O4/c25-13-12-23-10-5-4-8-19(23)14-22-20(26)18-9-11-24(15-18)21(27)28-16-17-6-2-1-3-7-17/h1-3,6-7,18-19,25H,4-5,8-16H2,(H,22,26). The van der Waals surface area contributed by atoms with Gasteiger partial charge in [-0.2, -0.15) is 0 Å². The first-order valence-electron chi connectivity index (χ1n) is 10.3. The van der Waals surface area contributed by atoms with E-state index in [1.54, 1.807) is 4.90 Å². The second-order valence-corrected chi connectivity index (χ2v) is 7.63. The lowest BCUT2D eigenvalue weighted by atomic mass is 10.0. The molecule has 1 aromatic rings. The molecule has 2 aliphatic heterocycles. The van der Waals surface area contributed by atoms with Crippen molar-refractivity contribution in [3.05, 3.63) is 35.9 Å². The van der Waals surface area contributed by atoms with Crippen LogP contribution in [0.25, 0.3) is 0 Å². The van der Waals surface area contributed by atoms with Gasteiger partial charge < -0.3 is 20.1 Å². The summed E-state index contributed by atoms with van der Waals surface area (Å²) in [5.74, 6) is -0.174. The Labute approximate surface area is 166 Å². The molecule has 28 heavy (non-hydrogen) atoms. The van der Waals surface area contributed by atoms with Gasteiger partial charge in [0, 0.05) is 32.2 Å². The zero-order valence-corrected chi connectivity index (χ0v) is 16.4. The molecule has 0 bridgehead atoms. The zero-order valence-electron chi connectivity index (χ0n) is 16.4. The molecule has 154 valence electrons. The number of ether oxygens (including phenoxy) is 1. The van der Waals surface area contributed by atoms with Crippen LogP contribution in [0.1, 0.15) is 31.2 Å². The fraction of sp³-hybridized carbons (Fsp3) is 0.619. The second kappa shape index (κ2) is 10.4. The molecule has 2 saturated heterocycles. The van der Waals surface area contributed by atoms with E-state index >= 15 is 0 Å². The molecule has 7 nitrogen and oxygen atoms in total. The highest BCUT2D eigenvalue weighted by molar-refractivity contribution is 5.80. The van der Waals surface area contributed by atoms with Gasteiger partial charge in [0.05, 0.1) is 12.5 Å². The van der Waals surface area contributed by atoms with E-state index in [-0.39, 0.29) is 37.2 Å². The first-order valence-corrected chi connectivity index (χ1v) is 10.3. The Morgan fingerprint density at radius 3 is 2.75 bits per heavy atom. The van der Waals surface area contributed by atoms with Crippen molar-refractivity contribution in [1.82, 2.24) is 15.1 Å². The molecule has 2 aliphatic rings. The molecule has 0 radical (unpaired) electrons. The number of piperidine rings is 1. The Morgan fingerprint density at radius 1 is 1.14 bits per heavy atom.